The molecule has 0 aliphatic carbocycles. The summed E-state index contributed by atoms with van der Waals surface area (Å²) >= 11 is 0. The highest BCUT2D eigenvalue weighted by molar-refractivity contribution is 5.29. The molecule has 1 heterocycles. The number of pyridine rings is 1. The second-order valence-electron chi connectivity index (χ2n) is 3.08. The van der Waals surface area contributed by atoms with E-state index in [1.54, 1.807) is 25.4 Å². The molecule has 6 nitrogen and oxygen atoms in total. The largest absolute Gasteiger partial charge is 0.495 e. The predicted molar refractivity (Wildman–Crippen MR) is 58.7 cm³/mol. The van der Waals surface area contributed by atoms with Crippen molar-refractivity contribution in [1.29, 1.82) is 0 Å². The van der Waals surface area contributed by atoms with E-state index in [0.717, 1.165) is 0 Å². The molecule has 16 heavy (non-hydrogen) atoms. The Kier molecular flexibility index (Phi) is 5.13. The number of nitrogens with one attached hydrogen (secondary N) is 1. The Labute approximate surface area is 94.7 Å². The zero-order valence-electron chi connectivity index (χ0n) is 9.64. The molecule has 0 saturated heterocycles. The van der Waals surface area contributed by atoms with Gasteiger partial charge in [-0.2, -0.15) is 0 Å². The van der Waals surface area contributed by atoms with E-state index < -0.39 is 12.3 Å². The van der Waals surface area contributed by atoms with Gasteiger partial charge in [-0.25, -0.2) is 5.43 Å². The van der Waals surface area contributed by atoms with Crippen molar-refractivity contribution in [2.24, 2.45) is 5.84 Å². The van der Waals surface area contributed by atoms with Crippen LogP contribution in [-0.2, 0) is 9.47 Å². The Morgan fingerprint density at radius 3 is 2.50 bits per heavy atom. The number of nitrogens with two attached hydrogens (primary N) is 1. The topological polar surface area (TPSA) is 78.6 Å². The fourth-order valence-corrected chi connectivity index (χ4v) is 1.46. The number of hydrogen-bond donors (Lipinski definition) is 2. The number of hydrazine groups is 1. The van der Waals surface area contributed by atoms with E-state index in [0.29, 0.717) is 11.4 Å². The number of methoxy groups -OCH3 is 3. The number of nitrogens with zero attached hydrogens (tertiary/aromatic N) is 1. The van der Waals surface area contributed by atoms with Crippen molar-refractivity contribution < 1.29 is 14.2 Å². The van der Waals surface area contributed by atoms with E-state index in [1.165, 1.54) is 14.2 Å². The van der Waals surface area contributed by atoms with Crippen molar-refractivity contribution in [3.8, 4) is 5.75 Å². The quantitative estimate of drug-likeness (QED) is 0.411. The number of hydrogen-bond acceptors (Lipinski definition) is 6. The first-order chi connectivity index (χ1) is 7.78. The number of ether oxygens (including phenoxy) is 3. The first-order valence-corrected chi connectivity index (χ1v) is 4.79. The Hall–Kier alpha value is -1.21. The van der Waals surface area contributed by atoms with E-state index in [9.17, 15) is 0 Å². The van der Waals surface area contributed by atoms with Crippen molar-refractivity contribution in [2.75, 3.05) is 21.3 Å². The predicted octanol–water partition coefficient (Wildman–Crippen LogP) is 0.213. The first-order valence-electron chi connectivity index (χ1n) is 4.79. The van der Waals surface area contributed by atoms with E-state index in [2.05, 4.69) is 10.4 Å². The molecule has 3 N–H and O–H groups in total. The lowest BCUT2D eigenvalue weighted by atomic mass is 10.1. The van der Waals surface area contributed by atoms with Gasteiger partial charge in [0.05, 0.1) is 7.11 Å². The van der Waals surface area contributed by atoms with Crippen molar-refractivity contribution >= 4 is 0 Å². The van der Waals surface area contributed by atoms with Gasteiger partial charge >= 0.3 is 0 Å². The van der Waals surface area contributed by atoms with Crippen LogP contribution in [0.25, 0.3) is 0 Å². The number of rotatable bonds is 6. The van der Waals surface area contributed by atoms with Gasteiger partial charge in [0.2, 0.25) is 0 Å². The third kappa shape index (κ3) is 2.67. The van der Waals surface area contributed by atoms with E-state index >= 15 is 0 Å². The van der Waals surface area contributed by atoms with Crippen LogP contribution in [-0.4, -0.2) is 32.6 Å². The average molecular weight is 227 g/mol. The minimum Gasteiger partial charge on any atom is -0.495 e. The highest BCUT2D eigenvalue weighted by atomic mass is 16.7. The van der Waals surface area contributed by atoms with Crippen LogP contribution in [0.3, 0.4) is 0 Å². The van der Waals surface area contributed by atoms with Crippen LogP contribution in [0, 0.1) is 0 Å². The third-order valence-corrected chi connectivity index (χ3v) is 2.23. The first kappa shape index (κ1) is 12.9. The Bertz CT molecular complexity index is 318. The lowest BCUT2D eigenvalue weighted by Crippen LogP contribution is -2.39. The molecular weight excluding hydrogens is 210 g/mol. The Balaban J connectivity index is 3.02. The Morgan fingerprint density at radius 2 is 2.00 bits per heavy atom. The van der Waals surface area contributed by atoms with Crippen LogP contribution in [0.15, 0.2) is 18.3 Å². The summed E-state index contributed by atoms with van der Waals surface area (Å²) in [6.07, 6.45) is 1.12. The molecule has 1 aromatic heterocycles. The van der Waals surface area contributed by atoms with Crippen LogP contribution in [0.2, 0.25) is 0 Å². The molecule has 6 heteroatoms. The molecule has 0 aromatic carbocycles. The molecule has 0 aliphatic rings. The van der Waals surface area contributed by atoms with Crippen LogP contribution in [0.4, 0.5) is 0 Å². The van der Waals surface area contributed by atoms with Crippen LogP contribution in [0.5, 0.6) is 5.75 Å². The lowest BCUT2D eigenvalue weighted by Gasteiger charge is -2.24. The summed E-state index contributed by atoms with van der Waals surface area (Å²) in [4.78, 5) is 4.21. The molecule has 0 aliphatic heterocycles. The summed E-state index contributed by atoms with van der Waals surface area (Å²) in [5.41, 5.74) is 3.24. The summed E-state index contributed by atoms with van der Waals surface area (Å²) in [7, 11) is 4.64. The molecule has 0 amide bonds. The fourth-order valence-electron chi connectivity index (χ4n) is 1.46. The molecule has 1 aromatic rings. The molecule has 0 saturated carbocycles. The highest BCUT2D eigenvalue weighted by Crippen LogP contribution is 2.25. The Morgan fingerprint density at radius 1 is 1.31 bits per heavy atom. The lowest BCUT2D eigenvalue weighted by molar-refractivity contribution is -0.125. The van der Waals surface area contributed by atoms with E-state index in [1.807, 2.05) is 0 Å². The SMILES string of the molecule is COc1cccnc1C(NN)C(OC)OC. The van der Waals surface area contributed by atoms with Crippen molar-refractivity contribution in [3.63, 3.8) is 0 Å². The zero-order valence-corrected chi connectivity index (χ0v) is 9.64. The van der Waals surface area contributed by atoms with E-state index in [4.69, 9.17) is 20.1 Å². The van der Waals surface area contributed by atoms with Gasteiger partial charge < -0.3 is 14.2 Å². The van der Waals surface area contributed by atoms with Crippen molar-refractivity contribution in [1.82, 2.24) is 10.4 Å². The van der Waals surface area contributed by atoms with Crippen LogP contribution >= 0.6 is 0 Å². The monoisotopic (exact) mass is 227 g/mol. The van der Waals surface area contributed by atoms with Gasteiger partial charge in [0, 0.05) is 20.4 Å². The summed E-state index contributed by atoms with van der Waals surface area (Å²) in [5.74, 6) is 6.10. The maximum absolute atomic E-state index is 5.47. The van der Waals surface area contributed by atoms with Gasteiger partial charge in [-0.15, -0.1) is 0 Å². The van der Waals surface area contributed by atoms with Crippen LogP contribution < -0.4 is 16.0 Å². The van der Waals surface area contributed by atoms with Gasteiger partial charge in [-0.05, 0) is 12.1 Å². The maximum atomic E-state index is 5.47. The second-order valence-corrected chi connectivity index (χ2v) is 3.08. The highest BCUT2D eigenvalue weighted by Gasteiger charge is 2.25. The average Bonchev–Trinajstić information content (AvgIpc) is 2.35. The third-order valence-electron chi connectivity index (χ3n) is 2.23. The van der Waals surface area contributed by atoms with Gasteiger partial charge in [-0.1, -0.05) is 0 Å². The molecule has 1 unspecified atom stereocenters. The summed E-state index contributed by atoms with van der Waals surface area (Å²) in [5, 5.41) is 0. The minimum absolute atomic E-state index is 0.397. The summed E-state index contributed by atoms with van der Waals surface area (Å²) < 4.78 is 15.5. The molecule has 0 radical (unpaired) electrons. The fraction of sp³-hybridized carbons (Fsp3) is 0.500. The smallest absolute Gasteiger partial charge is 0.179 e. The minimum atomic E-state index is -0.534. The standard InChI is InChI=1S/C10H17N3O3/c1-14-7-5-4-6-12-8(7)9(13-11)10(15-2)16-3/h4-6,9-10,13H,11H2,1-3H3. The second kappa shape index (κ2) is 6.39. The molecule has 90 valence electrons. The van der Waals surface area contributed by atoms with Crippen LogP contribution in [0.1, 0.15) is 11.7 Å². The molecular formula is C10H17N3O3. The van der Waals surface area contributed by atoms with Gasteiger partial charge in [-0.3, -0.25) is 10.8 Å². The molecule has 0 bridgehead atoms. The number of aromatic nitrogens is 1. The van der Waals surface area contributed by atoms with Gasteiger partial charge in [0.15, 0.2) is 6.29 Å². The van der Waals surface area contributed by atoms with Crippen molar-refractivity contribution in [2.45, 2.75) is 12.3 Å². The maximum Gasteiger partial charge on any atom is 0.179 e. The zero-order chi connectivity index (χ0) is 12.0. The van der Waals surface area contributed by atoms with Crippen molar-refractivity contribution in [3.05, 3.63) is 24.0 Å². The molecule has 1 atom stereocenters. The molecule has 1 rings (SSSR count). The molecule has 0 spiro atoms. The molecule has 0 fully saturated rings. The van der Waals surface area contributed by atoms with E-state index in [-0.39, 0.29) is 0 Å². The van der Waals surface area contributed by atoms with Gasteiger partial charge in [0.1, 0.15) is 17.5 Å². The summed E-state index contributed by atoms with van der Waals surface area (Å²) in [6.45, 7) is 0. The summed E-state index contributed by atoms with van der Waals surface area (Å²) in [6, 6.07) is 3.19. The van der Waals surface area contributed by atoms with Gasteiger partial charge in [0.25, 0.3) is 0 Å². The normalized spacial score (nSPS) is 12.8.